The van der Waals surface area contributed by atoms with E-state index in [4.69, 9.17) is 15.6 Å². The van der Waals surface area contributed by atoms with Gasteiger partial charge in [0.25, 0.3) is 0 Å². The molecule has 0 bridgehead atoms. The number of fused-ring (bicyclic) bond motifs is 1. The minimum atomic E-state index is -1.28. The van der Waals surface area contributed by atoms with Crippen LogP contribution in [0.5, 0.6) is 0 Å². The van der Waals surface area contributed by atoms with Gasteiger partial charge in [-0.25, -0.2) is 9.98 Å². The molecule has 1 unspecified atom stereocenters. The Labute approximate surface area is 107 Å². The van der Waals surface area contributed by atoms with E-state index in [1.165, 1.54) is 10.9 Å². The first-order valence-corrected chi connectivity index (χ1v) is 5.62. The molecule has 0 fully saturated rings. The molecule has 1 aromatic rings. The molecule has 6 N–H and O–H groups in total. The van der Waals surface area contributed by atoms with Gasteiger partial charge in [-0.15, -0.1) is 0 Å². The first-order chi connectivity index (χ1) is 9.13. The van der Waals surface area contributed by atoms with Gasteiger partial charge < -0.3 is 31.1 Å². The lowest BCUT2D eigenvalue weighted by atomic mass is 10.2. The largest absolute Gasteiger partial charge is 0.506 e. The zero-order chi connectivity index (χ0) is 13.6. The molecule has 1 aromatic heterocycles. The number of ether oxygens (including phenoxy) is 1. The number of aromatic nitrogens is 2. The minimum Gasteiger partial charge on any atom is -0.506 e. The molecule has 3 heterocycles. The Hall–Kier alpha value is -2.26. The van der Waals surface area contributed by atoms with Crippen molar-refractivity contribution >= 4 is 11.7 Å². The van der Waals surface area contributed by atoms with Gasteiger partial charge in [0.1, 0.15) is 37.0 Å². The number of nitrogens with zero attached hydrogens (tertiary/aromatic N) is 3. The monoisotopic (exact) mass is 267 g/mol. The summed E-state index contributed by atoms with van der Waals surface area (Å²) in [4.78, 5) is 8.06. The van der Waals surface area contributed by atoms with Gasteiger partial charge in [-0.05, 0) is 0 Å². The highest BCUT2D eigenvalue weighted by Gasteiger charge is 2.38. The molecule has 0 spiro atoms. The molecule has 0 aliphatic carbocycles. The lowest BCUT2D eigenvalue weighted by Crippen LogP contribution is -2.27. The Balaban J connectivity index is 1.96. The first-order valence-electron chi connectivity index (χ1n) is 5.62. The van der Waals surface area contributed by atoms with Gasteiger partial charge in [-0.1, -0.05) is 0 Å². The van der Waals surface area contributed by atoms with Crippen LogP contribution in [-0.4, -0.2) is 50.1 Å². The van der Waals surface area contributed by atoms with Crippen molar-refractivity contribution in [3.63, 3.8) is 0 Å². The Morgan fingerprint density at radius 2 is 2.37 bits per heavy atom. The number of aliphatic hydroxyl groups is 3. The molecular weight excluding hydrogens is 254 g/mol. The maximum atomic E-state index is 9.92. The minimum absolute atomic E-state index is 0.0580. The molecule has 2 aliphatic rings. The van der Waals surface area contributed by atoms with Gasteiger partial charge in [0.05, 0.1) is 0 Å². The lowest BCUT2D eigenvalue weighted by molar-refractivity contribution is -0.0130. The summed E-state index contributed by atoms with van der Waals surface area (Å²) in [5, 5.41) is 31.5. The van der Waals surface area contributed by atoms with Crippen LogP contribution in [0.4, 0.5) is 5.82 Å². The van der Waals surface area contributed by atoms with Crippen molar-refractivity contribution in [3.05, 3.63) is 23.5 Å². The van der Waals surface area contributed by atoms with Crippen LogP contribution in [-0.2, 0) is 4.74 Å². The number of aliphatic imine (C=N–C) groups is 1. The first kappa shape index (κ1) is 11.8. The van der Waals surface area contributed by atoms with Gasteiger partial charge in [0.15, 0.2) is 17.6 Å². The number of rotatable bonds is 2. The lowest BCUT2D eigenvalue weighted by Gasteiger charge is -2.21. The van der Waals surface area contributed by atoms with Crippen LogP contribution in [0.25, 0.3) is 0 Å². The van der Waals surface area contributed by atoms with E-state index in [0.29, 0.717) is 24.0 Å². The third-order valence-electron chi connectivity index (χ3n) is 3.05. The summed E-state index contributed by atoms with van der Waals surface area (Å²) in [6.07, 6.45) is -0.758. The molecule has 0 saturated carbocycles. The van der Waals surface area contributed by atoms with Crippen molar-refractivity contribution in [1.29, 1.82) is 0 Å². The molecule has 102 valence electrons. The average molecular weight is 267 g/mol. The number of amidine groups is 1. The molecule has 3 rings (SSSR count). The normalized spacial score (nSPS) is 25.7. The molecule has 0 aromatic carbocycles. The average Bonchev–Trinajstić information content (AvgIpc) is 2.94. The summed E-state index contributed by atoms with van der Waals surface area (Å²) in [5.74, 6) is 0.396. The number of aliphatic hydroxyl groups excluding tert-OH is 3. The highest BCUT2D eigenvalue weighted by atomic mass is 16.5. The third kappa shape index (κ3) is 1.63. The fourth-order valence-electron chi connectivity index (χ4n) is 2.09. The van der Waals surface area contributed by atoms with E-state index in [-0.39, 0.29) is 11.5 Å². The Kier molecular flexibility index (Phi) is 2.57. The third-order valence-corrected chi connectivity index (χ3v) is 3.05. The van der Waals surface area contributed by atoms with Crippen molar-refractivity contribution in [3.8, 4) is 0 Å². The number of anilines is 1. The molecule has 0 radical (unpaired) electrons. The number of imidazole rings is 1. The van der Waals surface area contributed by atoms with Crippen LogP contribution in [0.15, 0.2) is 22.8 Å². The quantitative estimate of drug-likeness (QED) is 0.445. The second kappa shape index (κ2) is 4.14. The number of hydrogen-bond acceptors (Lipinski definition) is 8. The molecule has 9 nitrogen and oxygen atoms in total. The zero-order valence-electron chi connectivity index (χ0n) is 9.82. The fraction of sp³-hybridized carbons (Fsp3) is 0.400. The summed E-state index contributed by atoms with van der Waals surface area (Å²) >= 11 is 0. The topological polar surface area (TPSA) is 138 Å². The van der Waals surface area contributed by atoms with E-state index in [0.717, 1.165) is 0 Å². The summed E-state index contributed by atoms with van der Waals surface area (Å²) in [7, 11) is 0. The van der Waals surface area contributed by atoms with Crippen molar-refractivity contribution in [1.82, 2.24) is 9.55 Å². The highest BCUT2D eigenvalue weighted by Crippen LogP contribution is 2.34. The summed E-state index contributed by atoms with van der Waals surface area (Å²) in [6, 6.07) is 0. The predicted molar refractivity (Wildman–Crippen MR) is 64.3 cm³/mol. The summed E-state index contributed by atoms with van der Waals surface area (Å²) in [6.45, 7) is -0.201. The predicted octanol–water partition coefficient (Wildman–Crippen LogP) is -1.38. The van der Waals surface area contributed by atoms with Gasteiger partial charge in [0.2, 0.25) is 6.23 Å². The maximum absolute atomic E-state index is 9.92. The molecule has 2 atom stereocenters. The number of nitrogens with two attached hydrogens (primary N) is 1. The number of nitrogens with one attached hydrogen (secondary N) is 1. The Morgan fingerprint density at radius 1 is 1.58 bits per heavy atom. The molecule has 0 amide bonds. The van der Waals surface area contributed by atoms with Crippen LogP contribution in [0, 0.1) is 0 Å². The Bertz CT molecular complexity index is 578. The van der Waals surface area contributed by atoms with Crippen LogP contribution in [0.1, 0.15) is 11.9 Å². The van der Waals surface area contributed by atoms with Crippen molar-refractivity contribution in [2.24, 2.45) is 10.7 Å². The molecule has 2 aliphatic heterocycles. The van der Waals surface area contributed by atoms with Crippen LogP contribution in [0.2, 0.25) is 0 Å². The smallest absolute Gasteiger partial charge is 0.211 e. The van der Waals surface area contributed by atoms with E-state index in [9.17, 15) is 10.2 Å². The van der Waals surface area contributed by atoms with E-state index in [2.05, 4.69) is 15.3 Å². The van der Waals surface area contributed by atoms with E-state index < -0.39 is 18.9 Å². The highest BCUT2D eigenvalue weighted by molar-refractivity contribution is 6.01. The van der Waals surface area contributed by atoms with E-state index >= 15 is 0 Å². The van der Waals surface area contributed by atoms with E-state index in [1.807, 2.05) is 0 Å². The molecular formula is C10H13N5O4. The van der Waals surface area contributed by atoms with Crippen molar-refractivity contribution in [2.75, 3.05) is 18.6 Å². The summed E-state index contributed by atoms with van der Waals surface area (Å²) in [5.41, 5.74) is 6.16. The van der Waals surface area contributed by atoms with Gasteiger partial charge in [0, 0.05) is 0 Å². The maximum Gasteiger partial charge on any atom is 0.211 e. The Morgan fingerprint density at radius 3 is 3.05 bits per heavy atom. The second-order valence-corrected chi connectivity index (χ2v) is 4.15. The van der Waals surface area contributed by atoms with Crippen LogP contribution < -0.4 is 11.1 Å². The fourth-order valence-corrected chi connectivity index (χ4v) is 2.09. The van der Waals surface area contributed by atoms with Gasteiger partial charge in [-0.2, -0.15) is 0 Å². The molecule has 9 heteroatoms. The number of hydrogen-bond donors (Lipinski definition) is 5. The van der Waals surface area contributed by atoms with Crippen LogP contribution in [0.3, 0.4) is 0 Å². The standard InChI is InChI=1S/C10H13N5O4/c11-8-5-9(13-2-12-8)15(3-14-5)10-7(18)6(17)4(1-16)19-10/h3,7,10,13,16-18H,1-2H2,(H2,11,12)/t7?,10-/m1/s1. The SMILES string of the molecule is NC1=NCNc2c1ncn2[C@@H]1OC(CO)=C(O)C1O. The van der Waals surface area contributed by atoms with E-state index in [1.54, 1.807) is 0 Å². The molecule has 0 saturated heterocycles. The van der Waals surface area contributed by atoms with Crippen molar-refractivity contribution < 1.29 is 20.1 Å². The summed E-state index contributed by atoms with van der Waals surface area (Å²) < 4.78 is 6.81. The zero-order valence-corrected chi connectivity index (χ0v) is 9.82. The molecule has 19 heavy (non-hydrogen) atoms. The second-order valence-electron chi connectivity index (χ2n) is 4.15. The van der Waals surface area contributed by atoms with Crippen LogP contribution >= 0.6 is 0 Å². The van der Waals surface area contributed by atoms with Crippen molar-refractivity contribution in [2.45, 2.75) is 12.3 Å². The van der Waals surface area contributed by atoms with Gasteiger partial charge in [-0.3, -0.25) is 4.57 Å². The van der Waals surface area contributed by atoms with Gasteiger partial charge >= 0.3 is 0 Å².